The van der Waals surface area contributed by atoms with Gasteiger partial charge in [0.05, 0.1) is 6.04 Å². The van der Waals surface area contributed by atoms with E-state index in [0.29, 0.717) is 38.9 Å². The van der Waals surface area contributed by atoms with Gasteiger partial charge in [-0.05, 0) is 13.3 Å². The second-order valence-corrected chi connectivity index (χ2v) is 4.66. The van der Waals surface area contributed by atoms with Crippen LogP contribution in [0.5, 0.6) is 0 Å². The number of hydrogen-bond donors (Lipinski definition) is 1. The zero-order valence-electron chi connectivity index (χ0n) is 11.1. The monoisotopic (exact) mass is 265 g/mol. The van der Waals surface area contributed by atoms with E-state index >= 15 is 0 Å². The fraction of sp³-hybridized carbons (Fsp3) is 0.667. The Morgan fingerprint density at radius 1 is 1.58 bits per heavy atom. The Bertz CT molecular complexity index is 431. The van der Waals surface area contributed by atoms with Crippen LogP contribution < -0.4 is 5.32 Å². The quantitative estimate of drug-likeness (QED) is 0.772. The SMILES string of the molecule is CCN1CC(NC(=O)CCCn2cncn2)CC1=O. The summed E-state index contributed by atoms with van der Waals surface area (Å²) in [6.45, 7) is 3.96. The minimum atomic E-state index is -0.0358. The Morgan fingerprint density at radius 3 is 3.05 bits per heavy atom. The molecule has 2 rings (SSSR count). The summed E-state index contributed by atoms with van der Waals surface area (Å²) in [6.07, 6.45) is 4.68. The number of amides is 2. The Morgan fingerprint density at radius 2 is 2.42 bits per heavy atom. The van der Waals surface area contributed by atoms with Gasteiger partial charge < -0.3 is 10.2 Å². The molecule has 2 heterocycles. The molecule has 0 aliphatic carbocycles. The zero-order valence-corrected chi connectivity index (χ0v) is 11.1. The molecule has 1 fully saturated rings. The lowest BCUT2D eigenvalue weighted by molar-refractivity contribution is -0.127. The van der Waals surface area contributed by atoms with E-state index in [-0.39, 0.29) is 17.9 Å². The van der Waals surface area contributed by atoms with Gasteiger partial charge in [0, 0.05) is 32.5 Å². The van der Waals surface area contributed by atoms with Gasteiger partial charge in [0.1, 0.15) is 12.7 Å². The smallest absolute Gasteiger partial charge is 0.224 e. The fourth-order valence-corrected chi connectivity index (χ4v) is 2.22. The molecule has 2 amide bonds. The average molecular weight is 265 g/mol. The Labute approximate surface area is 112 Å². The van der Waals surface area contributed by atoms with Crippen LogP contribution in [0.2, 0.25) is 0 Å². The van der Waals surface area contributed by atoms with Crippen molar-refractivity contribution in [1.29, 1.82) is 0 Å². The molecule has 1 aliphatic rings. The van der Waals surface area contributed by atoms with Gasteiger partial charge in [0.2, 0.25) is 11.8 Å². The van der Waals surface area contributed by atoms with E-state index in [0.717, 1.165) is 0 Å². The highest BCUT2D eigenvalue weighted by Crippen LogP contribution is 2.10. The molecule has 19 heavy (non-hydrogen) atoms. The molecule has 0 aromatic carbocycles. The fourth-order valence-electron chi connectivity index (χ4n) is 2.22. The molecular formula is C12H19N5O2. The van der Waals surface area contributed by atoms with E-state index in [9.17, 15) is 9.59 Å². The molecule has 104 valence electrons. The zero-order chi connectivity index (χ0) is 13.7. The first kappa shape index (κ1) is 13.5. The molecule has 0 radical (unpaired) electrons. The third kappa shape index (κ3) is 3.77. The van der Waals surface area contributed by atoms with Crippen molar-refractivity contribution in [1.82, 2.24) is 25.0 Å². The van der Waals surface area contributed by atoms with Gasteiger partial charge in [-0.15, -0.1) is 0 Å². The molecule has 1 aromatic heterocycles. The van der Waals surface area contributed by atoms with Crippen molar-refractivity contribution in [2.24, 2.45) is 0 Å². The molecule has 0 saturated carbocycles. The molecule has 1 aliphatic heterocycles. The van der Waals surface area contributed by atoms with Crippen LogP contribution in [0, 0.1) is 0 Å². The van der Waals surface area contributed by atoms with Crippen molar-refractivity contribution >= 4 is 11.8 Å². The van der Waals surface area contributed by atoms with Gasteiger partial charge >= 0.3 is 0 Å². The summed E-state index contributed by atoms with van der Waals surface area (Å²) in [5.41, 5.74) is 0. The van der Waals surface area contributed by atoms with Crippen molar-refractivity contribution in [2.75, 3.05) is 13.1 Å². The average Bonchev–Trinajstić information content (AvgIpc) is 2.99. The molecule has 0 bridgehead atoms. The third-order valence-corrected chi connectivity index (χ3v) is 3.22. The van der Waals surface area contributed by atoms with Crippen LogP contribution in [-0.2, 0) is 16.1 Å². The summed E-state index contributed by atoms with van der Waals surface area (Å²) in [5.74, 6) is 0.117. The predicted octanol–water partition coefficient (Wildman–Crippen LogP) is -0.205. The molecule has 1 aromatic rings. The van der Waals surface area contributed by atoms with Gasteiger partial charge in [-0.25, -0.2) is 4.98 Å². The van der Waals surface area contributed by atoms with E-state index in [4.69, 9.17) is 0 Å². The predicted molar refractivity (Wildman–Crippen MR) is 68.1 cm³/mol. The van der Waals surface area contributed by atoms with Crippen molar-refractivity contribution < 1.29 is 9.59 Å². The third-order valence-electron chi connectivity index (χ3n) is 3.22. The number of carbonyl (C=O) groups excluding carboxylic acids is 2. The molecule has 1 saturated heterocycles. The minimum absolute atomic E-state index is 0.00383. The van der Waals surface area contributed by atoms with Crippen molar-refractivity contribution in [3.63, 3.8) is 0 Å². The van der Waals surface area contributed by atoms with E-state index < -0.39 is 0 Å². The Kier molecular flexibility index (Phi) is 4.48. The van der Waals surface area contributed by atoms with E-state index in [2.05, 4.69) is 15.4 Å². The van der Waals surface area contributed by atoms with Gasteiger partial charge in [-0.2, -0.15) is 5.10 Å². The number of carbonyl (C=O) groups is 2. The highest BCUT2D eigenvalue weighted by Gasteiger charge is 2.29. The Hall–Kier alpha value is -1.92. The molecule has 1 N–H and O–H groups in total. The summed E-state index contributed by atoms with van der Waals surface area (Å²) in [4.78, 5) is 28.9. The molecule has 7 nitrogen and oxygen atoms in total. The number of likely N-dealkylation sites (tertiary alicyclic amines) is 1. The highest BCUT2D eigenvalue weighted by molar-refractivity contribution is 5.82. The lowest BCUT2D eigenvalue weighted by Crippen LogP contribution is -2.37. The molecular weight excluding hydrogens is 246 g/mol. The van der Waals surface area contributed by atoms with Crippen LogP contribution in [0.1, 0.15) is 26.2 Å². The standard InChI is InChI=1S/C12H19N5O2/c1-2-16-7-10(6-12(16)19)15-11(18)4-3-5-17-9-13-8-14-17/h8-10H,2-7H2,1H3,(H,15,18). The van der Waals surface area contributed by atoms with Crippen LogP contribution in [0.15, 0.2) is 12.7 Å². The van der Waals surface area contributed by atoms with Crippen LogP contribution >= 0.6 is 0 Å². The maximum absolute atomic E-state index is 11.7. The summed E-state index contributed by atoms with van der Waals surface area (Å²) in [5, 5.41) is 6.88. The van der Waals surface area contributed by atoms with Gasteiger partial charge in [-0.1, -0.05) is 0 Å². The first-order valence-corrected chi connectivity index (χ1v) is 6.58. The number of hydrogen-bond acceptors (Lipinski definition) is 4. The number of nitrogens with zero attached hydrogens (tertiary/aromatic N) is 4. The lowest BCUT2D eigenvalue weighted by atomic mass is 10.2. The number of nitrogens with one attached hydrogen (secondary N) is 1. The van der Waals surface area contributed by atoms with Crippen LogP contribution in [0.3, 0.4) is 0 Å². The molecule has 1 atom stereocenters. The highest BCUT2D eigenvalue weighted by atomic mass is 16.2. The minimum Gasteiger partial charge on any atom is -0.351 e. The maximum Gasteiger partial charge on any atom is 0.224 e. The lowest BCUT2D eigenvalue weighted by Gasteiger charge is -2.14. The van der Waals surface area contributed by atoms with E-state index in [1.54, 1.807) is 15.9 Å². The van der Waals surface area contributed by atoms with Crippen molar-refractivity contribution in [3.05, 3.63) is 12.7 Å². The second kappa shape index (κ2) is 6.31. The van der Waals surface area contributed by atoms with E-state index in [1.165, 1.54) is 6.33 Å². The number of aromatic nitrogens is 3. The van der Waals surface area contributed by atoms with Crippen molar-refractivity contribution in [3.8, 4) is 0 Å². The molecule has 7 heteroatoms. The molecule has 1 unspecified atom stereocenters. The van der Waals surface area contributed by atoms with Crippen molar-refractivity contribution in [2.45, 2.75) is 38.8 Å². The summed E-state index contributed by atoms with van der Waals surface area (Å²) < 4.78 is 1.70. The molecule has 0 spiro atoms. The largest absolute Gasteiger partial charge is 0.351 e. The number of aryl methyl sites for hydroxylation is 1. The second-order valence-electron chi connectivity index (χ2n) is 4.66. The number of likely N-dealkylation sites (N-methyl/N-ethyl adjacent to an activating group) is 1. The van der Waals surface area contributed by atoms with Crippen LogP contribution in [-0.4, -0.2) is 50.6 Å². The maximum atomic E-state index is 11.7. The van der Waals surface area contributed by atoms with Crippen LogP contribution in [0.25, 0.3) is 0 Å². The first-order chi connectivity index (χ1) is 9.19. The first-order valence-electron chi connectivity index (χ1n) is 6.58. The number of rotatable bonds is 6. The van der Waals surface area contributed by atoms with Gasteiger partial charge in [0.15, 0.2) is 0 Å². The van der Waals surface area contributed by atoms with E-state index in [1.807, 2.05) is 6.92 Å². The van der Waals surface area contributed by atoms with Gasteiger partial charge in [-0.3, -0.25) is 14.3 Å². The summed E-state index contributed by atoms with van der Waals surface area (Å²) in [7, 11) is 0. The summed E-state index contributed by atoms with van der Waals surface area (Å²) in [6, 6.07) is -0.0358. The van der Waals surface area contributed by atoms with Crippen LogP contribution in [0.4, 0.5) is 0 Å². The topological polar surface area (TPSA) is 80.1 Å². The summed E-state index contributed by atoms with van der Waals surface area (Å²) >= 11 is 0. The van der Waals surface area contributed by atoms with Gasteiger partial charge in [0.25, 0.3) is 0 Å². The normalized spacial score (nSPS) is 18.9. The Balaban J connectivity index is 1.66.